The summed E-state index contributed by atoms with van der Waals surface area (Å²) in [4.78, 5) is 12.2. The first-order valence-corrected chi connectivity index (χ1v) is 9.59. The lowest BCUT2D eigenvalue weighted by Gasteiger charge is -2.41. The molecule has 0 amide bonds. The van der Waals surface area contributed by atoms with Crippen molar-refractivity contribution >= 4 is 5.78 Å². The van der Waals surface area contributed by atoms with Crippen molar-refractivity contribution in [3.8, 4) is 0 Å². The van der Waals surface area contributed by atoms with Crippen molar-refractivity contribution in [2.24, 2.45) is 29.1 Å². The van der Waals surface area contributed by atoms with Crippen LogP contribution in [0.1, 0.15) is 80.6 Å². The van der Waals surface area contributed by atoms with Crippen LogP contribution in [-0.2, 0) is 4.79 Å². The number of rotatable bonds is 4. The Kier molecular flexibility index (Phi) is 7.07. The summed E-state index contributed by atoms with van der Waals surface area (Å²) in [5, 5.41) is 10.0. The van der Waals surface area contributed by atoms with Gasteiger partial charge in [0.2, 0.25) is 0 Å². The minimum atomic E-state index is -0.668. The number of carbonyl (C=O) groups excluding carboxylic acids is 1. The number of hydrogen-bond acceptors (Lipinski definition) is 2. The Labute approximate surface area is 143 Å². The van der Waals surface area contributed by atoms with E-state index in [9.17, 15) is 9.90 Å². The summed E-state index contributed by atoms with van der Waals surface area (Å²) < 4.78 is 0. The van der Waals surface area contributed by atoms with Gasteiger partial charge in [-0.25, -0.2) is 0 Å². The van der Waals surface area contributed by atoms with Crippen molar-refractivity contribution in [3.05, 3.63) is 12.2 Å². The monoisotopic (exact) mass is 322 g/mol. The van der Waals surface area contributed by atoms with Crippen LogP contribution in [0, 0.1) is 29.1 Å². The van der Waals surface area contributed by atoms with Crippen LogP contribution in [0.25, 0.3) is 0 Å². The van der Waals surface area contributed by atoms with E-state index in [-0.39, 0.29) is 11.3 Å². The molecule has 2 rings (SSSR count). The molecule has 0 heterocycles. The Morgan fingerprint density at radius 3 is 2.39 bits per heavy atom. The van der Waals surface area contributed by atoms with E-state index in [1.165, 1.54) is 12.8 Å². The summed E-state index contributed by atoms with van der Waals surface area (Å²) in [6.45, 7) is 14.4. The van der Waals surface area contributed by atoms with Gasteiger partial charge in [-0.1, -0.05) is 46.8 Å². The number of carbonyl (C=O) groups is 1. The van der Waals surface area contributed by atoms with Crippen molar-refractivity contribution in [1.82, 2.24) is 0 Å². The normalized spacial score (nSPS) is 33.8. The molecule has 0 aliphatic heterocycles. The maximum Gasteiger partial charge on any atom is 0.136 e. The van der Waals surface area contributed by atoms with Gasteiger partial charge in [0.05, 0.1) is 5.60 Å². The Bertz CT molecular complexity index is 418. The third kappa shape index (κ3) is 4.47. The zero-order valence-corrected chi connectivity index (χ0v) is 16.4. The Morgan fingerprint density at radius 2 is 1.83 bits per heavy atom. The van der Waals surface area contributed by atoms with Gasteiger partial charge in [-0.2, -0.15) is 0 Å². The molecule has 0 spiro atoms. The Hall–Kier alpha value is -0.630. The number of ketones is 1. The molecule has 0 radical (unpaired) electrons. The summed E-state index contributed by atoms with van der Waals surface area (Å²) in [7, 11) is 0. The zero-order chi connectivity index (χ0) is 17.8. The van der Waals surface area contributed by atoms with Crippen LogP contribution in [0.5, 0.6) is 0 Å². The van der Waals surface area contributed by atoms with Gasteiger partial charge in [0.1, 0.15) is 5.78 Å². The number of allylic oxidation sites excluding steroid dienone is 1. The van der Waals surface area contributed by atoms with Crippen LogP contribution in [0.3, 0.4) is 0 Å². The molecule has 5 atom stereocenters. The van der Waals surface area contributed by atoms with E-state index in [1.54, 1.807) is 0 Å². The molecule has 0 bridgehead atoms. The first kappa shape index (κ1) is 20.4. The predicted molar refractivity (Wildman–Crippen MR) is 98.3 cm³/mol. The molecule has 1 N–H and O–H groups in total. The van der Waals surface area contributed by atoms with E-state index in [0.717, 1.165) is 19.3 Å². The second-order valence-corrected chi connectivity index (χ2v) is 8.25. The standard InChI is InChI=1S/C19H32O2.C2H6/c1-13(8-9-14(2)18(3,4)21)15-10-11-16-17(20)7-6-12-19(15,16)5;1-2/h8-9,13-16,21H,6-7,10-12H2,1-5H3;1-2H3/b9-8+;/t13-,14+,15?,16+,19?;/m1./s1. The smallest absolute Gasteiger partial charge is 0.136 e. The summed E-state index contributed by atoms with van der Waals surface area (Å²) in [6.07, 6.45) is 9.76. The molecule has 2 heteroatoms. The lowest BCUT2D eigenvalue weighted by Crippen LogP contribution is -2.39. The summed E-state index contributed by atoms with van der Waals surface area (Å²) >= 11 is 0. The van der Waals surface area contributed by atoms with Gasteiger partial charge in [-0.3, -0.25) is 4.79 Å². The Balaban J connectivity index is 0.00000127. The van der Waals surface area contributed by atoms with E-state index >= 15 is 0 Å². The molecule has 0 saturated heterocycles. The average Bonchev–Trinajstić information content (AvgIpc) is 2.84. The quantitative estimate of drug-likeness (QED) is 0.704. The zero-order valence-electron chi connectivity index (χ0n) is 16.4. The van der Waals surface area contributed by atoms with Gasteiger partial charge < -0.3 is 5.11 Å². The lowest BCUT2D eigenvalue weighted by atomic mass is 9.62. The van der Waals surface area contributed by atoms with Gasteiger partial charge in [0.25, 0.3) is 0 Å². The lowest BCUT2D eigenvalue weighted by molar-refractivity contribution is -0.129. The third-order valence-electron chi connectivity index (χ3n) is 6.39. The number of Topliss-reactive ketones (excluding diaryl/α,β-unsaturated/α-hetero) is 1. The number of hydrogen-bond donors (Lipinski definition) is 1. The predicted octanol–water partition coefficient (Wildman–Crippen LogP) is 5.40. The molecular formula is C21H38O2. The van der Waals surface area contributed by atoms with Crippen LogP contribution >= 0.6 is 0 Å². The molecule has 0 aromatic carbocycles. The van der Waals surface area contributed by atoms with Crippen molar-refractivity contribution in [3.63, 3.8) is 0 Å². The van der Waals surface area contributed by atoms with E-state index in [1.807, 2.05) is 27.7 Å². The highest BCUT2D eigenvalue weighted by atomic mass is 16.3. The fraction of sp³-hybridized carbons (Fsp3) is 0.857. The first-order chi connectivity index (χ1) is 10.7. The maximum absolute atomic E-state index is 12.2. The van der Waals surface area contributed by atoms with Crippen LogP contribution in [-0.4, -0.2) is 16.5 Å². The molecule has 2 nitrogen and oxygen atoms in total. The van der Waals surface area contributed by atoms with E-state index in [0.29, 0.717) is 23.5 Å². The summed E-state index contributed by atoms with van der Waals surface area (Å²) in [5.74, 6) is 2.05. The molecule has 134 valence electrons. The van der Waals surface area contributed by atoms with Crippen LogP contribution in [0.15, 0.2) is 12.2 Å². The fourth-order valence-corrected chi connectivity index (χ4v) is 4.55. The van der Waals surface area contributed by atoms with Crippen molar-refractivity contribution < 1.29 is 9.90 Å². The van der Waals surface area contributed by atoms with Crippen molar-refractivity contribution in [1.29, 1.82) is 0 Å². The second kappa shape index (κ2) is 7.96. The van der Waals surface area contributed by atoms with Crippen LogP contribution in [0.4, 0.5) is 0 Å². The molecule has 2 saturated carbocycles. The highest BCUT2D eigenvalue weighted by Gasteiger charge is 2.51. The van der Waals surface area contributed by atoms with Crippen molar-refractivity contribution in [2.45, 2.75) is 86.2 Å². The summed E-state index contributed by atoms with van der Waals surface area (Å²) in [5.41, 5.74) is -0.462. The minimum Gasteiger partial charge on any atom is -0.390 e. The van der Waals surface area contributed by atoms with Crippen molar-refractivity contribution in [2.75, 3.05) is 0 Å². The van der Waals surface area contributed by atoms with Crippen LogP contribution < -0.4 is 0 Å². The van der Waals surface area contributed by atoms with E-state index in [4.69, 9.17) is 0 Å². The average molecular weight is 323 g/mol. The molecule has 0 aromatic heterocycles. The highest BCUT2D eigenvalue weighted by Crippen LogP contribution is 2.56. The first-order valence-electron chi connectivity index (χ1n) is 9.59. The molecule has 23 heavy (non-hydrogen) atoms. The van der Waals surface area contributed by atoms with E-state index < -0.39 is 5.60 Å². The van der Waals surface area contributed by atoms with Gasteiger partial charge in [0, 0.05) is 18.3 Å². The van der Waals surface area contributed by atoms with Gasteiger partial charge in [0.15, 0.2) is 0 Å². The highest BCUT2D eigenvalue weighted by molar-refractivity contribution is 5.83. The largest absolute Gasteiger partial charge is 0.390 e. The summed E-state index contributed by atoms with van der Waals surface area (Å²) in [6, 6.07) is 0. The molecule has 2 aliphatic rings. The molecule has 2 aliphatic carbocycles. The second-order valence-electron chi connectivity index (χ2n) is 8.25. The van der Waals surface area contributed by atoms with Gasteiger partial charge in [-0.15, -0.1) is 0 Å². The Morgan fingerprint density at radius 1 is 1.22 bits per heavy atom. The molecular weight excluding hydrogens is 284 g/mol. The van der Waals surface area contributed by atoms with E-state index in [2.05, 4.69) is 32.9 Å². The molecule has 2 fully saturated rings. The van der Waals surface area contributed by atoms with Crippen LogP contribution in [0.2, 0.25) is 0 Å². The SMILES string of the molecule is CC.C[C@H](/C=C/[C@H](C)C(C)(C)O)C1CC[C@H]2C(=O)CCCC12C. The number of aliphatic hydroxyl groups is 1. The maximum atomic E-state index is 12.2. The molecule has 2 unspecified atom stereocenters. The third-order valence-corrected chi connectivity index (χ3v) is 6.39. The number of fused-ring (bicyclic) bond motifs is 1. The minimum absolute atomic E-state index is 0.151. The molecule has 0 aromatic rings. The topological polar surface area (TPSA) is 37.3 Å². The van der Waals surface area contributed by atoms with Gasteiger partial charge in [-0.05, 0) is 56.8 Å². The van der Waals surface area contributed by atoms with Gasteiger partial charge >= 0.3 is 0 Å². The fourth-order valence-electron chi connectivity index (χ4n) is 4.55.